The molecule has 0 atom stereocenters. The van der Waals surface area contributed by atoms with Crippen molar-refractivity contribution in [3.8, 4) is 0 Å². The second kappa shape index (κ2) is 10.2. The number of non-ortho nitro benzene ring substituents is 1. The van der Waals surface area contributed by atoms with E-state index in [1.165, 1.54) is 30.5 Å². The van der Waals surface area contributed by atoms with E-state index in [2.05, 4.69) is 10.2 Å². The van der Waals surface area contributed by atoms with Crippen LogP contribution in [0.15, 0.2) is 139 Å². The monoisotopic (exact) mass is 492 g/mol. The Hall–Kier alpha value is -5.25. The number of azo groups is 1. The van der Waals surface area contributed by atoms with E-state index in [0.717, 1.165) is 10.9 Å². The molecule has 1 aliphatic rings. The third kappa shape index (κ3) is 4.80. The molecule has 1 aliphatic heterocycles. The fourth-order valence-corrected chi connectivity index (χ4v) is 4.09. The molecule has 3 aromatic carbocycles. The summed E-state index contributed by atoms with van der Waals surface area (Å²) < 4.78 is 14.3. The number of aromatic nitrogens is 1. The van der Waals surface area contributed by atoms with Crippen molar-refractivity contribution < 1.29 is 23.9 Å². The summed E-state index contributed by atoms with van der Waals surface area (Å²) in [6, 6.07) is 30.0. The predicted molar refractivity (Wildman–Crippen MR) is 138 cm³/mol. The third-order valence-electron chi connectivity index (χ3n) is 5.87. The van der Waals surface area contributed by atoms with Crippen LogP contribution in [0.1, 0.15) is 0 Å². The van der Waals surface area contributed by atoms with E-state index in [1.54, 1.807) is 17.0 Å². The first-order chi connectivity index (χ1) is 18.1. The summed E-state index contributed by atoms with van der Waals surface area (Å²) in [5.41, 5.74) is 2.26. The summed E-state index contributed by atoms with van der Waals surface area (Å²) in [5.74, 6) is -0.299. The van der Waals surface area contributed by atoms with Gasteiger partial charge in [0.2, 0.25) is 10.9 Å². The minimum atomic E-state index is -2.29. The molecular weight excluding hydrogens is 471 g/mol. The van der Waals surface area contributed by atoms with Crippen molar-refractivity contribution in [2.24, 2.45) is 5.11 Å². The molecule has 4 aromatic rings. The number of nitro benzene ring substituents is 1. The van der Waals surface area contributed by atoms with Crippen molar-refractivity contribution in [3.05, 3.63) is 144 Å². The van der Waals surface area contributed by atoms with Gasteiger partial charge < -0.3 is 14.4 Å². The summed E-state index contributed by atoms with van der Waals surface area (Å²) in [7, 11) is 0. The number of hydrogen-bond donors (Lipinski definition) is 1. The Bertz CT molecular complexity index is 1450. The Balaban J connectivity index is 1.55. The molecule has 37 heavy (non-hydrogen) atoms. The zero-order valence-electron chi connectivity index (χ0n) is 19.5. The lowest BCUT2D eigenvalue weighted by Gasteiger charge is -2.37. The van der Waals surface area contributed by atoms with Crippen LogP contribution in [0.4, 0.5) is 11.4 Å². The topological polar surface area (TPSA) is 112 Å². The van der Waals surface area contributed by atoms with E-state index in [9.17, 15) is 15.2 Å². The van der Waals surface area contributed by atoms with Crippen LogP contribution in [0, 0.1) is 10.1 Å². The highest BCUT2D eigenvalue weighted by Crippen LogP contribution is 2.31. The Kier molecular flexibility index (Phi) is 6.46. The molecule has 0 spiro atoms. The Morgan fingerprint density at radius 2 is 1.43 bits per heavy atom. The zero-order valence-corrected chi connectivity index (χ0v) is 19.5. The average molecular weight is 492 g/mol. The Morgan fingerprint density at radius 1 is 0.865 bits per heavy atom. The molecule has 5 rings (SSSR count). The number of pyridine rings is 1. The second-order valence-electron chi connectivity index (χ2n) is 8.19. The highest BCUT2D eigenvalue weighted by molar-refractivity contribution is 6.93. The van der Waals surface area contributed by atoms with Gasteiger partial charge in [-0.25, -0.2) is 0 Å². The van der Waals surface area contributed by atoms with Gasteiger partial charge in [-0.3, -0.25) is 10.1 Å². The number of nitro groups is 1. The molecule has 0 saturated heterocycles. The van der Waals surface area contributed by atoms with Gasteiger partial charge in [-0.1, -0.05) is 66.7 Å². The molecule has 1 aromatic heterocycles. The highest BCUT2D eigenvalue weighted by Gasteiger charge is 2.45. The van der Waals surface area contributed by atoms with Crippen molar-refractivity contribution in [2.45, 2.75) is 0 Å². The molecule has 9 nitrogen and oxygen atoms in total. The van der Waals surface area contributed by atoms with Crippen LogP contribution >= 0.6 is 0 Å². The number of allylic oxidation sites excluding steroid dienone is 1. The molecule has 2 heterocycles. The van der Waals surface area contributed by atoms with Gasteiger partial charge in [0, 0.05) is 24.3 Å². The van der Waals surface area contributed by atoms with Gasteiger partial charge in [0.05, 0.1) is 10.0 Å². The highest BCUT2D eigenvalue weighted by atomic mass is 16.7. The molecule has 181 valence electrons. The second-order valence-corrected chi connectivity index (χ2v) is 8.19. The molecule has 0 bridgehead atoms. The lowest BCUT2D eigenvalue weighted by Crippen LogP contribution is -2.60. The number of aliphatic hydroxyl groups is 1. The van der Waals surface area contributed by atoms with Crippen molar-refractivity contribution in [3.63, 3.8) is 0 Å². The first-order valence-electron chi connectivity index (χ1n) is 11.5. The van der Waals surface area contributed by atoms with Gasteiger partial charge in [-0.15, -0.1) is 10.9 Å². The summed E-state index contributed by atoms with van der Waals surface area (Å²) in [4.78, 5) is 10.4. The summed E-state index contributed by atoms with van der Waals surface area (Å²) in [5, 5.41) is 30.2. The smallest absolute Gasteiger partial charge is 0.408 e. The van der Waals surface area contributed by atoms with Gasteiger partial charge in [0.25, 0.3) is 11.6 Å². The first-order valence-corrected chi connectivity index (χ1v) is 11.5. The number of rotatable bonds is 7. The van der Waals surface area contributed by atoms with E-state index in [1.807, 2.05) is 78.9 Å². The maximum Gasteiger partial charge on any atom is 0.408 e. The van der Waals surface area contributed by atoms with Gasteiger partial charge in [0.1, 0.15) is 5.69 Å². The molecular formula is C27H21BN4O5+. The number of nitrogens with zero attached hydrogens (tertiary/aromatic N) is 4. The molecule has 0 fully saturated rings. The average Bonchev–Trinajstić information content (AvgIpc) is 3.30. The van der Waals surface area contributed by atoms with Gasteiger partial charge >= 0.3 is 18.4 Å². The third-order valence-corrected chi connectivity index (χ3v) is 5.87. The van der Waals surface area contributed by atoms with Crippen molar-refractivity contribution in [1.29, 1.82) is 0 Å². The molecule has 0 amide bonds. The lowest BCUT2D eigenvalue weighted by atomic mass is 9.46. The van der Waals surface area contributed by atoms with E-state index in [-0.39, 0.29) is 17.4 Å². The van der Waals surface area contributed by atoms with Crippen LogP contribution in [0.25, 0.3) is 5.70 Å². The number of hydrogen-bond acceptors (Lipinski definition) is 7. The van der Waals surface area contributed by atoms with Gasteiger partial charge in [0.15, 0.2) is 12.4 Å². The molecule has 0 saturated carbocycles. The van der Waals surface area contributed by atoms with Crippen LogP contribution in [-0.4, -0.2) is 16.6 Å². The predicted octanol–water partition coefficient (Wildman–Crippen LogP) is 3.83. The summed E-state index contributed by atoms with van der Waals surface area (Å²) >= 11 is 0. The molecule has 1 N–H and O–H groups in total. The molecule has 10 heteroatoms. The van der Waals surface area contributed by atoms with Crippen LogP contribution in [0.3, 0.4) is 0 Å². The Labute approximate surface area is 212 Å². The van der Waals surface area contributed by atoms with Crippen molar-refractivity contribution in [1.82, 2.24) is 5.11 Å². The zero-order chi connectivity index (χ0) is 25.7. The maximum atomic E-state index is 11.0. The van der Waals surface area contributed by atoms with Crippen molar-refractivity contribution >= 4 is 34.5 Å². The van der Waals surface area contributed by atoms with Crippen LogP contribution in [0.2, 0.25) is 0 Å². The molecule has 0 unspecified atom stereocenters. The van der Waals surface area contributed by atoms with Crippen molar-refractivity contribution in [2.75, 3.05) is 0 Å². The van der Waals surface area contributed by atoms with Gasteiger partial charge in [-0.05, 0) is 12.1 Å². The van der Waals surface area contributed by atoms with Crippen LogP contribution in [0.5, 0.6) is 0 Å². The van der Waals surface area contributed by atoms with E-state index < -0.39 is 11.5 Å². The maximum absolute atomic E-state index is 11.0. The minimum absolute atomic E-state index is 0.0398. The number of benzene rings is 3. The van der Waals surface area contributed by atoms with E-state index in [0.29, 0.717) is 11.4 Å². The summed E-state index contributed by atoms with van der Waals surface area (Å²) in [6.45, 7) is -2.29. The quantitative estimate of drug-likeness (QED) is 0.139. The lowest BCUT2D eigenvalue weighted by molar-refractivity contribution is -0.581. The largest absolute Gasteiger partial charge is 0.666 e. The molecule has 1 radical (unpaired) electrons. The Morgan fingerprint density at radius 3 is 2.00 bits per heavy atom. The number of aliphatic hydroxyl groups excluding tert-OH is 1. The van der Waals surface area contributed by atoms with Gasteiger partial charge in [-0.2, -0.15) is 4.57 Å². The van der Waals surface area contributed by atoms with E-state index in [4.69, 9.17) is 9.31 Å². The summed E-state index contributed by atoms with van der Waals surface area (Å²) in [6.07, 6.45) is 4.97. The molecule has 0 aliphatic carbocycles. The fourth-order valence-electron chi connectivity index (χ4n) is 4.09. The minimum Gasteiger partial charge on any atom is -0.666 e. The van der Waals surface area contributed by atoms with Crippen LogP contribution in [-0.2, 0) is 9.31 Å². The first kappa shape index (κ1) is 23.5. The normalized spacial score (nSPS) is 14.9. The fraction of sp³-hybridized carbons (Fsp3) is 0. The SMILES string of the molecule is O=[N+]([O-])c1ccc(N=[N+]C=C(C2=C(O)O[B-](c3ccccc3)(c3ccccc3)O2)[n+]2ccccc2)cc1. The van der Waals surface area contributed by atoms with E-state index >= 15 is 0 Å². The standard InChI is InChI=1S/C27H21BN4O5/c33-27-26(36-28(37-27,21-10-4-1-5-11-21)22-12-6-2-7-13-22)25(31-18-8-3-9-19-31)20-29-30-23-14-16-24(17-15-23)32(34)35/h1-20,33H/q+1. The van der Waals surface area contributed by atoms with Crippen LogP contribution < -0.4 is 20.6 Å².